The Bertz CT molecular complexity index is 254. The molecule has 17 heavy (non-hydrogen) atoms. The van der Waals surface area contributed by atoms with E-state index in [-0.39, 0.29) is 18.1 Å². The number of nitrogens with zero attached hydrogens (tertiary/aromatic N) is 1. The summed E-state index contributed by atoms with van der Waals surface area (Å²) >= 11 is 0. The van der Waals surface area contributed by atoms with Crippen LogP contribution in [-0.4, -0.2) is 60.9 Å². The van der Waals surface area contributed by atoms with Crippen molar-refractivity contribution in [3.63, 3.8) is 0 Å². The largest absolute Gasteiger partial charge is 0.392 e. The van der Waals surface area contributed by atoms with Crippen molar-refractivity contribution in [3.05, 3.63) is 0 Å². The number of likely N-dealkylation sites (tertiary alicyclic amines) is 1. The number of ether oxygens (including phenoxy) is 1. The average molecular weight is 242 g/mol. The molecule has 0 aromatic heterocycles. The molecule has 2 fully saturated rings. The van der Waals surface area contributed by atoms with Crippen molar-refractivity contribution in [2.24, 2.45) is 0 Å². The maximum Gasteiger partial charge on any atom is 0.234 e. The molecule has 5 nitrogen and oxygen atoms in total. The van der Waals surface area contributed by atoms with Gasteiger partial charge in [-0.15, -0.1) is 0 Å². The van der Waals surface area contributed by atoms with Crippen LogP contribution in [0.3, 0.4) is 0 Å². The first kappa shape index (κ1) is 12.8. The van der Waals surface area contributed by atoms with Gasteiger partial charge in [-0.3, -0.25) is 9.69 Å². The van der Waals surface area contributed by atoms with E-state index in [4.69, 9.17) is 4.74 Å². The summed E-state index contributed by atoms with van der Waals surface area (Å²) in [6.45, 7) is 3.36. The van der Waals surface area contributed by atoms with Crippen LogP contribution in [0, 0.1) is 0 Å². The smallest absolute Gasteiger partial charge is 0.234 e. The molecule has 0 radical (unpaired) electrons. The number of aliphatic hydroxyl groups is 1. The normalized spacial score (nSPS) is 30.4. The van der Waals surface area contributed by atoms with E-state index in [1.54, 1.807) is 0 Å². The summed E-state index contributed by atoms with van der Waals surface area (Å²) in [6, 6.07) is 0. The minimum Gasteiger partial charge on any atom is -0.392 e. The van der Waals surface area contributed by atoms with E-state index < -0.39 is 0 Å². The van der Waals surface area contributed by atoms with E-state index in [1.165, 1.54) is 0 Å². The molecule has 2 heterocycles. The van der Waals surface area contributed by atoms with Crippen LogP contribution in [0.25, 0.3) is 0 Å². The molecule has 1 amide bonds. The summed E-state index contributed by atoms with van der Waals surface area (Å²) in [7, 11) is 0. The highest BCUT2D eigenvalue weighted by Crippen LogP contribution is 2.11. The number of nitrogens with one attached hydrogen (secondary N) is 1. The summed E-state index contributed by atoms with van der Waals surface area (Å²) < 4.78 is 5.44. The number of hydrogen-bond acceptors (Lipinski definition) is 4. The van der Waals surface area contributed by atoms with Crippen molar-refractivity contribution in [1.29, 1.82) is 0 Å². The Labute approximate surface area is 102 Å². The minimum absolute atomic E-state index is 0.0367. The van der Waals surface area contributed by atoms with Gasteiger partial charge in [-0.1, -0.05) is 0 Å². The molecule has 0 aromatic rings. The molecule has 2 N–H and O–H groups in total. The molecule has 98 valence electrons. The Morgan fingerprint density at radius 1 is 1.41 bits per heavy atom. The first-order valence-corrected chi connectivity index (χ1v) is 6.53. The van der Waals surface area contributed by atoms with Gasteiger partial charge in [0.05, 0.1) is 18.8 Å². The van der Waals surface area contributed by atoms with Crippen LogP contribution in [0.15, 0.2) is 0 Å². The van der Waals surface area contributed by atoms with Gasteiger partial charge in [0.1, 0.15) is 0 Å². The summed E-state index contributed by atoms with van der Waals surface area (Å²) in [5.41, 5.74) is 0. The Kier molecular flexibility index (Phi) is 4.76. The number of β-amino-alcohol motifs (C(OH)–C–C–N with tert-alkyl or cyclic N) is 1. The topological polar surface area (TPSA) is 61.8 Å². The summed E-state index contributed by atoms with van der Waals surface area (Å²) in [5, 5.41) is 12.4. The number of carbonyl (C=O) groups is 1. The quantitative estimate of drug-likeness (QED) is 0.713. The monoisotopic (exact) mass is 242 g/mol. The van der Waals surface area contributed by atoms with Crippen molar-refractivity contribution in [2.45, 2.75) is 37.9 Å². The van der Waals surface area contributed by atoms with E-state index in [2.05, 4.69) is 5.32 Å². The van der Waals surface area contributed by atoms with Crippen molar-refractivity contribution < 1.29 is 14.6 Å². The molecule has 0 aliphatic carbocycles. The summed E-state index contributed by atoms with van der Waals surface area (Å²) in [6.07, 6.45) is 3.90. The standard InChI is InChI=1S/C12H22N2O3/c15-10-3-1-5-14(8-10)9-12(16)13-7-11-4-2-6-17-11/h10-11,15H,1-9H2,(H,13,16)/t10-,11+/m1/s1. The molecule has 0 saturated carbocycles. The van der Waals surface area contributed by atoms with Gasteiger partial charge in [-0.2, -0.15) is 0 Å². The average Bonchev–Trinajstić information content (AvgIpc) is 2.79. The molecule has 2 aliphatic rings. The summed E-state index contributed by atoms with van der Waals surface area (Å²) in [5.74, 6) is 0.0367. The zero-order valence-corrected chi connectivity index (χ0v) is 10.2. The lowest BCUT2D eigenvalue weighted by Gasteiger charge is -2.29. The molecule has 2 saturated heterocycles. The molecular weight excluding hydrogens is 220 g/mol. The number of aliphatic hydroxyl groups excluding tert-OH is 1. The van der Waals surface area contributed by atoms with Crippen LogP contribution >= 0.6 is 0 Å². The minimum atomic E-state index is -0.269. The number of rotatable bonds is 4. The van der Waals surface area contributed by atoms with Crippen LogP contribution in [0.5, 0.6) is 0 Å². The second-order valence-corrected chi connectivity index (χ2v) is 4.97. The molecule has 5 heteroatoms. The maximum absolute atomic E-state index is 11.7. The highest BCUT2D eigenvalue weighted by Gasteiger charge is 2.20. The summed E-state index contributed by atoms with van der Waals surface area (Å²) in [4.78, 5) is 13.7. The van der Waals surface area contributed by atoms with E-state index >= 15 is 0 Å². The van der Waals surface area contributed by atoms with Gasteiger partial charge in [0.25, 0.3) is 0 Å². The van der Waals surface area contributed by atoms with Crippen LogP contribution < -0.4 is 5.32 Å². The predicted octanol–water partition coefficient (Wildman–Crippen LogP) is -0.262. The van der Waals surface area contributed by atoms with Gasteiger partial charge in [0, 0.05) is 19.7 Å². The van der Waals surface area contributed by atoms with Crippen LogP contribution in [0.1, 0.15) is 25.7 Å². The van der Waals surface area contributed by atoms with Crippen molar-refractivity contribution >= 4 is 5.91 Å². The molecule has 2 atom stereocenters. The van der Waals surface area contributed by atoms with Crippen molar-refractivity contribution in [3.8, 4) is 0 Å². The highest BCUT2D eigenvalue weighted by atomic mass is 16.5. The van der Waals surface area contributed by atoms with Crippen molar-refractivity contribution in [1.82, 2.24) is 10.2 Å². The lowest BCUT2D eigenvalue weighted by Crippen LogP contribution is -2.45. The van der Waals surface area contributed by atoms with Crippen LogP contribution in [-0.2, 0) is 9.53 Å². The van der Waals surface area contributed by atoms with Gasteiger partial charge < -0.3 is 15.2 Å². The number of amides is 1. The molecule has 0 spiro atoms. The first-order valence-electron chi connectivity index (χ1n) is 6.53. The third-order valence-electron chi connectivity index (χ3n) is 3.40. The van der Waals surface area contributed by atoms with Gasteiger partial charge in [0.2, 0.25) is 5.91 Å². The second-order valence-electron chi connectivity index (χ2n) is 4.97. The second kappa shape index (κ2) is 6.33. The zero-order chi connectivity index (χ0) is 12.1. The first-order chi connectivity index (χ1) is 8.24. The predicted molar refractivity (Wildman–Crippen MR) is 63.7 cm³/mol. The van der Waals surface area contributed by atoms with Crippen molar-refractivity contribution in [2.75, 3.05) is 32.8 Å². The fraction of sp³-hybridized carbons (Fsp3) is 0.917. The van der Waals surface area contributed by atoms with Gasteiger partial charge in [-0.05, 0) is 32.2 Å². The number of hydrogen-bond donors (Lipinski definition) is 2. The van der Waals surface area contributed by atoms with Gasteiger partial charge in [-0.25, -0.2) is 0 Å². The fourth-order valence-electron chi connectivity index (χ4n) is 2.47. The Morgan fingerprint density at radius 2 is 2.29 bits per heavy atom. The highest BCUT2D eigenvalue weighted by molar-refractivity contribution is 5.78. The maximum atomic E-state index is 11.7. The Morgan fingerprint density at radius 3 is 3.00 bits per heavy atom. The van der Waals surface area contributed by atoms with E-state index in [9.17, 15) is 9.90 Å². The molecule has 0 bridgehead atoms. The van der Waals surface area contributed by atoms with E-state index in [0.29, 0.717) is 19.6 Å². The van der Waals surface area contributed by atoms with Crippen LogP contribution in [0.4, 0.5) is 0 Å². The SMILES string of the molecule is O=C(CN1CCC[C@@H](O)C1)NC[C@@H]1CCCO1. The van der Waals surface area contributed by atoms with Crippen LogP contribution in [0.2, 0.25) is 0 Å². The Hall–Kier alpha value is -0.650. The molecular formula is C12H22N2O3. The number of piperidine rings is 1. The lowest BCUT2D eigenvalue weighted by molar-refractivity contribution is -0.123. The Balaban J connectivity index is 1.62. The third-order valence-corrected chi connectivity index (χ3v) is 3.40. The van der Waals surface area contributed by atoms with Gasteiger partial charge >= 0.3 is 0 Å². The third kappa shape index (κ3) is 4.26. The molecule has 2 rings (SSSR count). The molecule has 2 aliphatic heterocycles. The lowest BCUT2D eigenvalue weighted by atomic mass is 10.1. The van der Waals surface area contributed by atoms with E-state index in [1.807, 2.05) is 4.90 Å². The molecule has 0 aromatic carbocycles. The van der Waals surface area contributed by atoms with Gasteiger partial charge in [0.15, 0.2) is 0 Å². The van der Waals surface area contributed by atoms with E-state index in [0.717, 1.165) is 38.8 Å². The zero-order valence-electron chi connectivity index (χ0n) is 10.2. The molecule has 0 unspecified atom stereocenters. The number of carbonyl (C=O) groups excluding carboxylic acids is 1. The fourth-order valence-corrected chi connectivity index (χ4v) is 2.47.